The van der Waals surface area contributed by atoms with Crippen LogP contribution in [0.3, 0.4) is 0 Å². The second kappa shape index (κ2) is 11.1. The molecule has 6 rings (SSSR count). The lowest BCUT2D eigenvalue weighted by atomic mass is 9.96. The minimum Gasteiger partial charge on any atom is -0.495 e. The van der Waals surface area contributed by atoms with Gasteiger partial charge < -0.3 is 29.2 Å². The number of methoxy groups -OCH3 is 1. The normalized spacial score (nSPS) is 19.1. The van der Waals surface area contributed by atoms with Crippen LogP contribution in [-0.2, 0) is 4.74 Å². The molecule has 2 aliphatic heterocycles. The largest absolute Gasteiger partial charge is 0.495 e. The van der Waals surface area contributed by atoms with Gasteiger partial charge in [0, 0.05) is 47.1 Å². The molecule has 206 valence electrons. The molecule has 2 aromatic heterocycles. The maximum atomic E-state index is 6.43. The highest BCUT2D eigenvalue weighted by Crippen LogP contribution is 2.44. The summed E-state index contributed by atoms with van der Waals surface area (Å²) in [5.74, 6) is 0.759. The topological polar surface area (TPSA) is 54.8 Å². The van der Waals surface area contributed by atoms with Crippen LogP contribution in [0.15, 0.2) is 72.9 Å². The Kier molecular flexibility index (Phi) is 7.40. The minimum atomic E-state index is -0.136. The number of pyridine rings is 1. The van der Waals surface area contributed by atoms with Crippen molar-refractivity contribution in [3.8, 4) is 11.4 Å². The molecule has 2 unspecified atom stereocenters. The monoisotopic (exact) mass is 573 g/mol. The molecule has 0 aliphatic carbocycles. The summed E-state index contributed by atoms with van der Waals surface area (Å²) in [6.07, 6.45) is 1.83. The van der Waals surface area contributed by atoms with Gasteiger partial charge in [0.15, 0.2) is 5.11 Å². The van der Waals surface area contributed by atoms with Crippen molar-refractivity contribution in [2.24, 2.45) is 0 Å². The molecule has 4 heterocycles. The van der Waals surface area contributed by atoms with Crippen molar-refractivity contribution in [2.75, 3.05) is 43.2 Å². The van der Waals surface area contributed by atoms with Crippen LogP contribution in [0.2, 0.25) is 5.02 Å². The van der Waals surface area contributed by atoms with Crippen LogP contribution in [0, 0.1) is 13.8 Å². The van der Waals surface area contributed by atoms with E-state index >= 15 is 0 Å². The van der Waals surface area contributed by atoms with Gasteiger partial charge in [0.25, 0.3) is 0 Å². The van der Waals surface area contributed by atoms with Gasteiger partial charge in [-0.3, -0.25) is 4.98 Å². The van der Waals surface area contributed by atoms with Crippen molar-refractivity contribution >= 4 is 40.3 Å². The van der Waals surface area contributed by atoms with E-state index in [1.807, 2.05) is 36.5 Å². The quantitative estimate of drug-likeness (QED) is 0.277. The van der Waals surface area contributed by atoms with Crippen molar-refractivity contribution in [3.63, 3.8) is 0 Å². The summed E-state index contributed by atoms with van der Waals surface area (Å²) >= 11 is 12.4. The predicted molar refractivity (Wildman–Crippen MR) is 164 cm³/mol. The SMILES string of the molecule is COc1ccc(Cl)cc1-n1c(C)cc(C2C(c3ccccn3)NC(=S)N2c2ccc(N3CCOCC3)cc2)c1C. The molecular formula is C31H32ClN5O2S. The third-order valence-corrected chi connectivity index (χ3v) is 8.32. The number of rotatable bonds is 6. The standard InChI is InChI=1S/C31H32ClN5O2S/c1-20-18-25(21(2)36(20)27-19-22(32)7-12-28(27)38-3)30-29(26-6-4-5-13-33-26)34-31(40)37(30)24-10-8-23(9-11-24)35-14-16-39-17-15-35/h4-13,18-19,29-30H,14-17H2,1-3H3,(H,34,40). The number of hydrogen-bond acceptors (Lipinski definition) is 5. The smallest absolute Gasteiger partial charge is 0.174 e. The molecule has 0 saturated carbocycles. The van der Waals surface area contributed by atoms with E-state index in [-0.39, 0.29) is 12.1 Å². The molecule has 7 nitrogen and oxygen atoms in total. The first-order chi connectivity index (χ1) is 19.5. The van der Waals surface area contributed by atoms with E-state index in [1.165, 1.54) is 5.69 Å². The van der Waals surface area contributed by atoms with Crippen LogP contribution >= 0.6 is 23.8 Å². The van der Waals surface area contributed by atoms with Crippen LogP contribution in [0.1, 0.15) is 34.7 Å². The summed E-state index contributed by atoms with van der Waals surface area (Å²) < 4.78 is 13.5. The fourth-order valence-electron chi connectivity index (χ4n) is 5.89. The van der Waals surface area contributed by atoms with E-state index in [4.69, 9.17) is 38.3 Å². The Morgan fingerprint density at radius 3 is 2.45 bits per heavy atom. The highest BCUT2D eigenvalue weighted by molar-refractivity contribution is 7.80. The summed E-state index contributed by atoms with van der Waals surface area (Å²) in [7, 11) is 1.68. The maximum Gasteiger partial charge on any atom is 0.174 e. The predicted octanol–water partition coefficient (Wildman–Crippen LogP) is 6.16. The van der Waals surface area contributed by atoms with Gasteiger partial charge in [-0.15, -0.1) is 0 Å². The number of nitrogens with one attached hydrogen (secondary N) is 1. The van der Waals surface area contributed by atoms with E-state index in [0.717, 1.165) is 66.1 Å². The second-order valence-corrected chi connectivity index (χ2v) is 10.9. The number of aromatic nitrogens is 2. The molecule has 1 N–H and O–H groups in total. The zero-order chi connectivity index (χ0) is 27.8. The number of hydrogen-bond donors (Lipinski definition) is 1. The van der Waals surface area contributed by atoms with E-state index in [1.54, 1.807) is 7.11 Å². The lowest BCUT2D eigenvalue weighted by molar-refractivity contribution is 0.122. The van der Waals surface area contributed by atoms with Crippen molar-refractivity contribution in [1.29, 1.82) is 0 Å². The van der Waals surface area contributed by atoms with Crippen LogP contribution in [0.25, 0.3) is 5.69 Å². The number of ether oxygens (including phenoxy) is 2. The Morgan fingerprint density at radius 1 is 1.00 bits per heavy atom. The molecule has 0 radical (unpaired) electrons. The Hall–Kier alpha value is -3.59. The van der Waals surface area contributed by atoms with Crippen LogP contribution in [0.4, 0.5) is 11.4 Å². The maximum absolute atomic E-state index is 6.43. The Morgan fingerprint density at radius 2 is 1.75 bits per heavy atom. The molecule has 2 fully saturated rings. The average Bonchev–Trinajstić information content (AvgIpc) is 3.48. The van der Waals surface area contributed by atoms with Crippen molar-refractivity contribution in [1.82, 2.24) is 14.9 Å². The number of halogens is 1. The van der Waals surface area contributed by atoms with Gasteiger partial charge in [0.05, 0.1) is 43.8 Å². The molecule has 2 aromatic carbocycles. The lowest BCUT2D eigenvalue weighted by Crippen LogP contribution is -2.36. The molecule has 0 spiro atoms. The van der Waals surface area contributed by atoms with Crippen LogP contribution in [-0.4, -0.2) is 48.1 Å². The zero-order valence-corrected chi connectivity index (χ0v) is 24.4. The Labute approximate surface area is 245 Å². The molecule has 0 amide bonds. The van der Waals surface area contributed by atoms with E-state index in [9.17, 15) is 0 Å². The number of nitrogens with zero attached hydrogens (tertiary/aromatic N) is 4. The molecule has 4 aromatic rings. The average molecular weight is 574 g/mol. The number of anilines is 2. The van der Waals surface area contributed by atoms with Crippen LogP contribution < -0.4 is 19.9 Å². The molecule has 2 atom stereocenters. The van der Waals surface area contributed by atoms with Crippen molar-refractivity contribution in [2.45, 2.75) is 25.9 Å². The van der Waals surface area contributed by atoms with Gasteiger partial charge in [-0.2, -0.15) is 0 Å². The lowest BCUT2D eigenvalue weighted by Gasteiger charge is -2.31. The summed E-state index contributed by atoms with van der Waals surface area (Å²) in [5, 5.41) is 4.91. The fraction of sp³-hybridized carbons (Fsp3) is 0.290. The van der Waals surface area contributed by atoms with Gasteiger partial charge in [-0.25, -0.2) is 0 Å². The third-order valence-electron chi connectivity index (χ3n) is 7.77. The van der Waals surface area contributed by atoms with Crippen LogP contribution in [0.5, 0.6) is 5.75 Å². The summed E-state index contributed by atoms with van der Waals surface area (Å²) in [4.78, 5) is 9.30. The van der Waals surface area contributed by atoms with Gasteiger partial charge in [0.1, 0.15) is 5.75 Å². The van der Waals surface area contributed by atoms with E-state index in [0.29, 0.717) is 10.1 Å². The highest BCUT2D eigenvalue weighted by atomic mass is 35.5. The molecule has 40 heavy (non-hydrogen) atoms. The number of aryl methyl sites for hydroxylation is 1. The van der Waals surface area contributed by atoms with Crippen molar-refractivity contribution in [3.05, 3.63) is 101 Å². The third kappa shape index (κ3) is 4.80. The first-order valence-electron chi connectivity index (χ1n) is 13.4. The first-order valence-corrected chi connectivity index (χ1v) is 14.2. The summed E-state index contributed by atoms with van der Waals surface area (Å²) in [6.45, 7) is 7.54. The second-order valence-electron chi connectivity index (χ2n) is 10.1. The highest BCUT2D eigenvalue weighted by Gasteiger charge is 2.42. The van der Waals surface area contributed by atoms with Gasteiger partial charge >= 0.3 is 0 Å². The Bertz CT molecular complexity index is 1520. The molecular weight excluding hydrogens is 542 g/mol. The van der Waals surface area contributed by atoms with Gasteiger partial charge in [-0.05, 0) is 92.3 Å². The fourth-order valence-corrected chi connectivity index (χ4v) is 6.40. The first kappa shape index (κ1) is 26.6. The zero-order valence-electron chi connectivity index (χ0n) is 22.8. The number of benzene rings is 2. The molecule has 2 aliphatic rings. The molecule has 0 bridgehead atoms. The minimum absolute atomic E-state index is 0.123. The van der Waals surface area contributed by atoms with Gasteiger partial charge in [-0.1, -0.05) is 17.7 Å². The summed E-state index contributed by atoms with van der Waals surface area (Å²) in [6, 6.07) is 22.3. The Balaban J connectivity index is 1.45. The molecule has 2 saturated heterocycles. The number of morpholine rings is 1. The number of thiocarbonyl (C=S) groups is 1. The molecule has 9 heteroatoms. The van der Waals surface area contributed by atoms with Gasteiger partial charge in [0.2, 0.25) is 0 Å². The van der Waals surface area contributed by atoms with Crippen molar-refractivity contribution < 1.29 is 9.47 Å². The summed E-state index contributed by atoms with van der Waals surface area (Å²) in [5.41, 5.74) is 7.38. The van der Waals surface area contributed by atoms with E-state index in [2.05, 4.69) is 69.9 Å². The van der Waals surface area contributed by atoms with E-state index < -0.39 is 0 Å².